The van der Waals surface area contributed by atoms with Crippen LogP contribution < -0.4 is 15.7 Å². The van der Waals surface area contributed by atoms with Gasteiger partial charge in [-0.05, 0) is 38.2 Å². The lowest BCUT2D eigenvalue weighted by Gasteiger charge is -2.34. The molecule has 0 atom stereocenters. The fraction of sp³-hybridized carbons (Fsp3) is 0.389. The summed E-state index contributed by atoms with van der Waals surface area (Å²) in [5.74, 6) is -0.218. The predicted molar refractivity (Wildman–Crippen MR) is 106 cm³/mol. The molecule has 2 N–H and O–H groups in total. The van der Waals surface area contributed by atoms with Gasteiger partial charge >= 0.3 is 0 Å². The number of hydrogen-bond donors (Lipinski definition) is 2. The average Bonchev–Trinajstić information content (AvgIpc) is 2.67. The van der Waals surface area contributed by atoms with E-state index >= 15 is 0 Å². The molecule has 0 radical (unpaired) electrons. The van der Waals surface area contributed by atoms with Gasteiger partial charge in [-0.1, -0.05) is 11.6 Å². The zero-order valence-electron chi connectivity index (χ0n) is 15.4. The zero-order valence-corrected chi connectivity index (χ0v) is 16.2. The van der Waals surface area contributed by atoms with Gasteiger partial charge in [0.2, 0.25) is 0 Å². The number of hydrogen-bond acceptors (Lipinski definition) is 7. The zero-order chi connectivity index (χ0) is 19.2. The van der Waals surface area contributed by atoms with Crippen molar-refractivity contribution in [1.82, 2.24) is 20.3 Å². The number of piperazine rings is 1. The van der Waals surface area contributed by atoms with Gasteiger partial charge in [0, 0.05) is 37.6 Å². The highest BCUT2D eigenvalue weighted by atomic mass is 35.5. The van der Waals surface area contributed by atoms with Gasteiger partial charge in [-0.25, -0.2) is 15.4 Å². The largest absolute Gasteiger partial charge is 0.369 e. The van der Waals surface area contributed by atoms with Gasteiger partial charge in [-0.3, -0.25) is 9.63 Å². The maximum absolute atomic E-state index is 12.2. The van der Waals surface area contributed by atoms with Crippen LogP contribution >= 0.6 is 11.6 Å². The van der Waals surface area contributed by atoms with Gasteiger partial charge in [0.25, 0.3) is 5.91 Å². The first-order chi connectivity index (χ1) is 13.1. The van der Waals surface area contributed by atoms with Crippen molar-refractivity contribution in [2.45, 2.75) is 6.92 Å². The second-order valence-electron chi connectivity index (χ2n) is 6.22. The number of hydroxylamine groups is 1. The number of rotatable bonds is 6. The van der Waals surface area contributed by atoms with Crippen molar-refractivity contribution < 1.29 is 9.63 Å². The third-order valence-corrected chi connectivity index (χ3v) is 4.45. The second kappa shape index (κ2) is 8.98. The van der Waals surface area contributed by atoms with Crippen LogP contribution in [0, 0.1) is 0 Å². The van der Waals surface area contributed by atoms with Crippen molar-refractivity contribution in [3.05, 3.63) is 41.3 Å². The quantitative estimate of drug-likeness (QED) is 0.732. The summed E-state index contributed by atoms with van der Waals surface area (Å²) in [6.07, 6.45) is 1.32. The van der Waals surface area contributed by atoms with E-state index in [1.807, 2.05) is 24.3 Å². The summed E-state index contributed by atoms with van der Waals surface area (Å²) in [5, 5.41) is 3.30. The fourth-order valence-corrected chi connectivity index (χ4v) is 2.90. The van der Waals surface area contributed by atoms with E-state index in [1.165, 1.54) is 11.9 Å². The number of carbonyl (C=O) groups excluding carboxylic acids is 1. The molecule has 0 unspecified atom stereocenters. The third kappa shape index (κ3) is 5.06. The monoisotopic (exact) mass is 390 g/mol. The molecule has 0 aliphatic carbocycles. The Morgan fingerprint density at radius 1 is 1.22 bits per heavy atom. The van der Waals surface area contributed by atoms with E-state index in [0.29, 0.717) is 6.61 Å². The number of anilines is 3. The van der Waals surface area contributed by atoms with Gasteiger partial charge < -0.3 is 15.1 Å². The Morgan fingerprint density at radius 3 is 2.59 bits per heavy atom. The van der Waals surface area contributed by atoms with Crippen molar-refractivity contribution >= 4 is 34.7 Å². The Labute approximate surface area is 163 Å². The van der Waals surface area contributed by atoms with Crippen molar-refractivity contribution in [3.8, 4) is 0 Å². The van der Waals surface area contributed by atoms with Crippen LogP contribution in [0.1, 0.15) is 17.4 Å². The summed E-state index contributed by atoms with van der Waals surface area (Å²) in [6, 6.07) is 7.98. The van der Waals surface area contributed by atoms with E-state index in [4.69, 9.17) is 16.4 Å². The minimum absolute atomic E-state index is 0.107. The van der Waals surface area contributed by atoms with E-state index < -0.39 is 5.91 Å². The van der Waals surface area contributed by atoms with Crippen molar-refractivity contribution in [3.63, 3.8) is 0 Å². The summed E-state index contributed by atoms with van der Waals surface area (Å²) < 4.78 is 0. The number of benzene rings is 1. The third-order valence-electron chi connectivity index (χ3n) is 4.27. The molecule has 2 aromatic rings. The molecule has 1 aromatic heterocycles. The smallest absolute Gasteiger partial charge is 0.297 e. The minimum atomic E-state index is -0.488. The van der Waals surface area contributed by atoms with Crippen LogP contribution in [0.4, 0.5) is 17.2 Å². The molecule has 1 saturated heterocycles. The van der Waals surface area contributed by atoms with Crippen molar-refractivity contribution in [2.75, 3.05) is 50.1 Å². The van der Waals surface area contributed by atoms with E-state index in [2.05, 4.69) is 37.6 Å². The average molecular weight is 391 g/mol. The van der Waals surface area contributed by atoms with Crippen LogP contribution in [-0.4, -0.2) is 60.6 Å². The van der Waals surface area contributed by atoms with Crippen LogP contribution in [0.5, 0.6) is 0 Å². The molecule has 144 valence electrons. The standard InChI is InChI=1S/C18H23ClN6O2/c1-3-27-23-18(26)16-17(22-15(19)12-20-16)21-13-4-6-14(7-5-13)25-10-8-24(2)9-11-25/h4-7,12H,3,8-11H2,1-2H3,(H,21,22)(H,23,26). The van der Waals surface area contributed by atoms with E-state index in [-0.39, 0.29) is 16.7 Å². The lowest BCUT2D eigenvalue weighted by Crippen LogP contribution is -2.44. The Morgan fingerprint density at radius 2 is 1.93 bits per heavy atom. The first-order valence-corrected chi connectivity index (χ1v) is 9.20. The number of nitrogens with one attached hydrogen (secondary N) is 2. The molecule has 9 heteroatoms. The van der Waals surface area contributed by atoms with E-state index in [9.17, 15) is 4.79 Å². The predicted octanol–water partition coefficient (Wildman–Crippen LogP) is 2.31. The number of amides is 1. The molecule has 0 bridgehead atoms. The molecule has 0 saturated carbocycles. The first kappa shape index (κ1) is 19.3. The summed E-state index contributed by atoms with van der Waals surface area (Å²) in [7, 11) is 2.13. The van der Waals surface area contributed by atoms with Crippen LogP contribution in [0.2, 0.25) is 5.15 Å². The minimum Gasteiger partial charge on any atom is -0.369 e. The van der Waals surface area contributed by atoms with Crippen LogP contribution in [0.3, 0.4) is 0 Å². The van der Waals surface area contributed by atoms with Crippen molar-refractivity contribution in [2.24, 2.45) is 0 Å². The number of likely N-dealkylation sites (N-methyl/N-ethyl adjacent to an activating group) is 1. The number of halogens is 1. The Balaban J connectivity index is 1.73. The Bertz CT molecular complexity index is 778. The Kier molecular flexibility index (Phi) is 6.44. The topological polar surface area (TPSA) is 82.6 Å². The molecule has 27 heavy (non-hydrogen) atoms. The van der Waals surface area contributed by atoms with E-state index in [1.54, 1.807) is 6.92 Å². The number of nitrogens with zero attached hydrogens (tertiary/aromatic N) is 4. The maximum atomic E-state index is 12.2. The second-order valence-corrected chi connectivity index (χ2v) is 6.60. The highest BCUT2D eigenvalue weighted by Gasteiger charge is 2.17. The van der Waals surface area contributed by atoms with Gasteiger partial charge in [-0.15, -0.1) is 0 Å². The summed E-state index contributed by atoms with van der Waals surface area (Å²) in [5.41, 5.74) is 4.38. The molecule has 1 amide bonds. The summed E-state index contributed by atoms with van der Waals surface area (Å²) in [4.78, 5) is 30.0. The van der Waals surface area contributed by atoms with Gasteiger partial charge in [-0.2, -0.15) is 0 Å². The molecule has 2 heterocycles. The number of carbonyl (C=O) groups is 1. The Hall–Kier alpha value is -2.42. The highest BCUT2D eigenvalue weighted by molar-refractivity contribution is 6.29. The van der Waals surface area contributed by atoms with Crippen molar-refractivity contribution in [1.29, 1.82) is 0 Å². The molecule has 1 aliphatic rings. The summed E-state index contributed by atoms with van der Waals surface area (Å²) >= 11 is 5.94. The van der Waals surface area contributed by atoms with Gasteiger partial charge in [0.1, 0.15) is 5.15 Å². The molecule has 1 fully saturated rings. The molecule has 8 nitrogen and oxygen atoms in total. The molecule has 1 aliphatic heterocycles. The molecule has 1 aromatic carbocycles. The molecular formula is C18H23ClN6O2. The number of aromatic nitrogens is 2. The van der Waals surface area contributed by atoms with Crippen LogP contribution in [0.15, 0.2) is 30.5 Å². The molecular weight excluding hydrogens is 368 g/mol. The van der Waals surface area contributed by atoms with Crippen LogP contribution in [0.25, 0.3) is 0 Å². The molecule has 3 rings (SSSR count). The van der Waals surface area contributed by atoms with E-state index in [0.717, 1.165) is 31.9 Å². The lowest BCUT2D eigenvalue weighted by atomic mass is 10.2. The highest BCUT2D eigenvalue weighted by Crippen LogP contribution is 2.23. The van der Waals surface area contributed by atoms with Crippen LogP contribution in [-0.2, 0) is 4.84 Å². The summed E-state index contributed by atoms with van der Waals surface area (Å²) in [6.45, 7) is 6.24. The maximum Gasteiger partial charge on any atom is 0.297 e. The first-order valence-electron chi connectivity index (χ1n) is 8.82. The molecule has 0 spiro atoms. The fourth-order valence-electron chi connectivity index (χ4n) is 2.76. The SMILES string of the molecule is CCONC(=O)c1ncc(Cl)nc1Nc1ccc(N2CCN(C)CC2)cc1. The normalized spacial score (nSPS) is 14.9. The van der Waals surface area contributed by atoms with Gasteiger partial charge in [0.15, 0.2) is 11.5 Å². The van der Waals surface area contributed by atoms with Gasteiger partial charge in [0.05, 0.1) is 12.8 Å². The lowest BCUT2D eigenvalue weighted by molar-refractivity contribution is 0.0360.